The number of alkyl halides is 2. The summed E-state index contributed by atoms with van der Waals surface area (Å²) < 4.78 is 31.7. The Balaban J connectivity index is 0.000000860. The predicted octanol–water partition coefficient (Wildman–Crippen LogP) is 3.41. The molecule has 0 spiro atoms. The molecule has 2 aliphatic carbocycles. The molecular formula is C24H33F2N3O3. The van der Waals surface area contributed by atoms with E-state index in [4.69, 9.17) is 4.74 Å². The number of amides is 1. The number of carbonyl (C=O) groups is 2. The lowest BCUT2D eigenvalue weighted by Gasteiger charge is -2.33. The fourth-order valence-corrected chi connectivity index (χ4v) is 4.32. The Kier molecular flexibility index (Phi) is 8.45. The van der Waals surface area contributed by atoms with Gasteiger partial charge in [-0.05, 0) is 50.6 Å². The molecule has 3 N–H and O–H groups in total. The van der Waals surface area contributed by atoms with E-state index in [0.29, 0.717) is 43.5 Å². The first-order chi connectivity index (χ1) is 15.3. The number of hydrogen-bond donors (Lipinski definition) is 2. The van der Waals surface area contributed by atoms with Gasteiger partial charge in [-0.1, -0.05) is 18.7 Å². The zero-order valence-corrected chi connectivity index (χ0v) is 18.8. The summed E-state index contributed by atoms with van der Waals surface area (Å²) in [4.78, 5) is 25.1. The van der Waals surface area contributed by atoms with Crippen molar-refractivity contribution in [2.75, 3.05) is 14.1 Å². The topological polar surface area (TPSA) is 84.7 Å². The molecule has 1 aromatic carbocycles. The minimum atomic E-state index is -2.32. The van der Waals surface area contributed by atoms with Gasteiger partial charge < -0.3 is 15.8 Å². The van der Waals surface area contributed by atoms with Gasteiger partial charge in [0.25, 0.3) is 0 Å². The molecule has 0 aromatic heterocycles. The number of benzene rings is 1. The molecule has 6 nitrogen and oxygen atoms in total. The maximum Gasteiger partial charge on any atom is 0.247 e. The molecule has 4 rings (SSSR count). The number of nitrogens with zero attached hydrogens (tertiary/aromatic N) is 1. The lowest BCUT2D eigenvalue weighted by Crippen LogP contribution is -2.43. The van der Waals surface area contributed by atoms with Crippen LogP contribution in [0.1, 0.15) is 47.2 Å². The van der Waals surface area contributed by atoms with E-state index in [2.05, 4.69) is 35.7 Å². The molecule has 1 aliphatic heterocycles. The highest BCUT2D eigenvalue weighted by atomic mass is 19.3. The van der Waals surface area contributed by atoms with Crippen molar-refractivity contribution in [3.8, 4) is 0 Å². The Morgan fingerprint density at radius 1 is 1.34 bits per heavy atom. The number of carbonyl (C=O) groups excluding carboxylic acids is 2. The van der Waals surface area contributed by atoms with Crippen LogP contribution in [0.2, 0.25) is 0 Å². The van der Waals surface area contributed by atoms with E-state index in [-0.39, 0.29) is 18.6 Å². The first-order valence-corrected chi connectivity index (χ1v) is 10.6. The van der Waals surface area contributed by atoms with Crippen LogP contribution in [0.3, 0.4) is 0 Å². The van der Waals surface area contributed by atoms with Gasteiger partial charge in [0, 0.05) is 30.3 Å². The van der Waals surface area contributed by atoms with Crippen LogP contribution in [0.15, 0.2) is 43.6 Å². The van der Waals surface area contributed by atoms with Crippen LogP contribution in [0, 0.1) is 5.41 Å². The summed E-state index contributed by atoms with van der Waals surface area (Å²) in [6, 6.07) is 5.53. The normalized spacial score (nSPS) is 27.4. The molecule has 2 saturated carbocycles. The van der Waals surface area contributed by atoms with Crippen LogP contribution in [-0.4, -0.2) is 49.3 Å². The second kappa shape index (κ2) is 10.5. The highest BCUT2D eigenvalue weighted by Crippen LogP contribution is 2.83. The largest absolute Gasteiger partial charge is 0.369 e. The summed E-state index contributed by atoms with van der Waals surface area (Å²) in [6.07, 6.45) is 0.492. The molecule has 1 heterocycles. The average Bonchev–Trinajstić information content (AvgIpc) is 3.63. The van der Waals surface area contributed by atoms with Crippen molar-refractivity contribution in [1.29, 1.82) is 0 Å². The molecule has 3 aliphatic rings. The van der Waals surface area contributed by atoms with E-state index >= 15 is 0 Å². The van der Waals surface area contributed by atoms with Crippen molar-refractivity contribution >= 4 is 12.2 Å². The van der Waals surface area contributed by atoms with E-state index in [9.17, 15) is 18.4 Å². The third-order valence-electron chi connectivity index (χ3n) is 6.43. The van der Waals surface area contributed by atoms with Crippen molar-refractivity contribution in [1.82, 2.24) is 10.2 Å². The van der Waals surface area contributed by atoms with Crippen LogP contribution < -0.4 is 11.1 Å². The quantitative estimate of drug-likeness (QED) is 0.469. The number of piperidine rings is 1. The molecule has 1 aromatic rings. The van der Waals surface area contributed by atoms with Gasteiger partial charge in [0.2, 0.25) is 12.3 Å². The van der Waals surface area contributed by atoms with Crippen molar-refractivity contribution in [3.63, 3.8) is 0 Å². The van der Waals surface area contributed by atoms with Crippen LogP contribution in [0.5, 0.6) is 0 Å². The Morgan fingerprint density at radius 3 is 2.53 bits per heavy atom. The number of halogens is 2. The molecule has 1 atom stereocenters. The van der Waals surface area contributed by atoms with Crippen molar-refractivity contribution < 1.29 is 23.1 Å². The SMILES string of the molecule is C=C.C=C1NC(=O)CCC1N(C)Cc1ccc(COC23CC2(C(F)F)C3)cc1C=O.CN. The number of nitrogens with two attached hydrogens (primary N) is 1. The minimum absolute atomic E-state index is 0.0192. The summed E-state index contributed by atoms with van der Waals surface area (Å²) in [7, 11) is 3.43. The maximum absolute atomic E-state index is 13.0. The molecule has 8 heteroatoms. The van der Waals surface area contributed by atoms with Crippen molar-refractivity contribution in [2.24, 2.45) is 11.1 Å². The highest BCUT2D eigenvalue weighted by molar-refractivity contribution is 5.79. The monoisotopic (exact) mass is 449 g/mol. The Morgan fingerprint density at radius 2 is 2.00 bits per heavy atom. The van der Waals surface area contributed by atoms with Crippen LogP contribution >= 0.6 is 0 Å². The molecular weight excluding hydrogens is 416 g/mol. The number of ether oxygens (including phenoxy) is 1. The molecule has 32 heavy (non-hydrogen) atoms. The van der Waals surface area contributed by atoms with E-state index in [1.54, 1.807) is 6.07 Å². The van der Waals surface area contributed by atoms with Gasteiger partial charge in [0.15, 0.2) is 0 Å². The van der Waals surface area contributed by atoms with E-state index in [1.165, 1.54) is 7.05 Å². The Bertz CT molecular complexity index is 853. The molecule has 1 saturated heterocycles. The summed E-state index contributed by atoms with van der Waals surface area (Å²) in [5.41, 5.74) is 5.87. The van der Waals surface area contributed by atoms with Crippen LogP contribution in [0.25, 0.3) is 0 Å². The summed E-state index contributed by atoms with van der Waals surface area (Å²) in [5, 5.41) is 2.77. The second-order valence-electron chi connectivity index (χ2n) is 8.29. The molecule has 0 radical (unpaired) electrons. The lowest BCUT2D eigenvalue weighted by molar-refractivity contribution is -0.121. The number of aldehydes is 1. The van der Waals surface area contributed by atoms with Gasteiger partial charge in [-0.2, -0.15) is 0 Å². The third-order valence-corrected chi connectivity index (χ3v) is 6.43. The number of fused-ring (bicyclic) bond motifs is 1. The standard InChI is InChI=1S/C21H24F2N2O3.C2H4.CH5N/c1-13-17(5-6-18(27)24-13)25(2)8-15-4-3-14(7-16(15)9-26)10-28-21-11-20(21,12-21)19(22)23;2*1-2/h3-4,7,9,17,19H,1,5-6,8,10-12H2,2H3,(H,24,27);1-2H2;2H2,1H3. The number of nitrogens with one attached hydrogen (secondary N) is 1. The molecule has 0 bridgehead atoms. The van der Waals surface area contributed by atoms with Gasteiger partial charge in [0.05, 0.1) is 17.6 Å². The number of rotatable bonds is 8. The third kappa shape index (κ3) is 4.98. The van der Waals surface area contributed by atoms with Crippen molar-refractivity contribution in [3.05, 3.63) is 60.3 Å². The Hall–Kier alpha value is -2.42. The van der Waals surface area contributed by atoms with Gasteiger partial charge in [-0.15, -0.1) is 13.2 Å². The summed E-state index contributed by atoms with van der Waals surface area (Å²) in [5.74, 6) is -0.0192. The number of hydrogen-bond acceptors (Lipinski definition) is 5. The van der Waals surface area contributed by atoms with E-state index in [0.717, 1.165) is 17.4 Å². The molecule has 176 valence electrons. The molecule has 1 unspecified atom stereocenters. The fraction of sp³-hybridized carbons (Fsp3) is 0.500. The minimum Gasteiger partial charge on any atom is -0.369 e. The van der Waals surface area contributed by atoms with Gasteiger partial charge in [0.1, 0.15) is 6.29 Å². The molecule has 1 amide bonds. The Labute approximate surface area is 188 Å². The zero-order chi connectivity index (χ0) is 24.1. The smallest absolute Gasteiger partial charge is 0.247 e. The predicted molar refractivity (Wildman–Crippen MR) is 120 cm³/mol. The average molecular weight is 450 g/mol. The summed E-state index contributed by atoms with van der Waals surface area (Å²) in [6.45, 7) is 10.7. The number of likely N-dealkylation sites (N-methyl/N-ethyl adjacent to an activating group) is 1. The highest BCUT2D eigenvalue weighted by Gasteiger charge is 2.89. The lowest BCUT2D eigenvalue weighted by atomic mass is 10.00. The van der Waals surface area contributed by atoms with E-state index < -0.39 is 17.4 Å². The zero-order valence-electron chi connectivity index (χ0n) is 18.8. The second-order valence-corrected chi connectivity index (χ2v) is 8.29. The fourth-order valence-electron chi connectivity index (χ4n) is 4.32. The first kappa shape index (κ1) is 25.8. The van der Waals surface area contributed by atoms with Gasteiger partial charge >= 0.3 is 0 Å². The molecule has 3 fully saturated rings. The van der Waals surface area contributed by atoms with Gasteiger partial charge in [-0.25, -0.2) is 8.78 Å². The van der Waals surface area contributed by atoms with E-state index in [1.807, 2.05) is 19.2 Å². The van der Waals surface area contributed by atoms with Crippen LogP contribution in [-0.2, 0) is 22.7 Å². The summed E-state index contributed by atoms with van der Waals surface area (Å²) >= 11 is 0. The first-order valence-electron chi connectivity index (χ1n) is 10.6. The van der Waals surface area contributed by atoms with Crippen molar-refractivity contribution in [2.45, 2.75) is 56.9 Å². The van der Waals surface area contributed by atoms with Crippen LogP contribution in [0.4, 0.5) is 8.78 Å². The van der Waals surface area contributed by atoms with Gasteiger partial charge in [-0.3, -0.25) is 14.5 Å². The maximum atomic E-state index is 13.0.